The number of hydrogen-bond donors (Lipinski definition) is 3. The van der Waals surface area contributed by atoms with E-state index in [1.54, 1.807) is 24.3 Å². The van der Waals surface area contributed by atoms with Gasteiger partial charge in [0.1, 0.15) is 5.54 Å². The van der Waals surface area contributed by atoms with Gasteiger partial charge in [-0.15, -0.1) is 0 Å². The minimum Gasteiger partial charge on any atom is -0.351 e. The van der Waals surface area contributed by atoms with Crippen LogP contribution in [0.2, 0.25) is 0 Å². The molecular formula is C10H13N3O2. The van der Waals surface area contributed by atoms with Gasteiger partial charge < -0.3 is 11.5 Å². The van der Waals surface area contributed by atoms with Crippen molar-refractivity contribution in [2.24, 2.45) is 11.5 Å². The lowest BCUT2D eigenvalue weighted by Crippen LogP contribution is -2.52. The SMILES string of the molecule is CC(N)(C(=O)NC(N)=O)c1ccccc1. The van der Waals surface area contributed by atoms with Crippen LogP contribution >= 0.6 is 0 Å². The topological polar surface area (TPSA) is 98.2 Å². The molecule has 0 bridgehead atoms. The number of carbonyl (C=O) groups is 2. The van der Waals surface area contributed by atoms with E-state index in [1.165, 1.54) is 6.92 Å². The zero-order valence-corrected chi connectivity index (χ0v) is 8.36. The fraction of sp³-hybridized carbons (Fsp3) is 0.200. The Morgan fingerprint density at radius 3 is 2.27 bits per heavy atom. The number of benzene rings is 1. The molecule has 1 aromatic rings. The molecule has 0 saturated carbocycles. The minimum atomic E-state index is -1.27. The Kier molecular flexibility index (Phi) is 3.06. The highest BCUT2D eigenvalue weighted by Crippen LogP contribution is 2.16. The summed E-state index contributed by atoms with van der Waals surface area (Å²) in [7, 11) is 0. The Morgan fingerprint density at radius 2 is 1.80 bits per heavy atom. The van der Waals surface area contributed by atoms with Crippen LogP contribution < -0.4 is 16.8 Å². The second-order valence-corrected chi connectivity index (χ2v) is 3.39. The number of amides is 3. The van der Waals surface area contributed by atoms with E-state index >= 15 is 0 Å². The van der Waals surface area contributed by atoms with Gasteiger partial charge in [-0.05, 0) is 12.5 Å². The van der Waals surface area contributed by atoms with Gasteiger partial charge in [0, 0.05) is 0 Å². The monoisotopic (exact) mass is 207 g/mol. The highest BCUT2D eigenvalue weighted by molar-refractivity contribution is 5.98. The summed E-state index contributed by atoms with van der Waals surface area (Å²) in [5.74, 6) is -0.624. The lowest BCUT2D eigenvalue weighted by atomic mass is 9.92. The number of imide groups is 1. The molecule has 0 aliphatic heterocycles. The van der Waals surface area contributed by atoms with Crippen LogP contribution in [0.15, 0.2) is 30.3 Å². The summed E-state index contributed by atoms with van der Waals surface area (Å²) in [4.78, 5) is 22.1. The van der Waals surface area contributed by atoms with Crippen LogP contribution in [-0.4, -0.2) is 11.9 Å². The Bertz CT molecular complexity index is 374. The van der Waals surface area contributed by atoms with Crippen molar-refractivity contribution in [3.05, 3.63) is 35.9 Å². The van der Waals surface area contributed by atoms with Crippen molar-refractivity contribution < 1.29 is 9.59 Å². The van der Waals surface area contributed by atoms with Gasteiger partial charge in [-0.25, -0.2) is 4.79 Å². The van der Waals surface area contributed by atoms with Crippen molar-refractivity contribution in [1.82, 2.24) is 5.32 Å². The molecule has 0 aliphatic carbocycles. The maximum absolute atomic E-state index is 11.5. The number of nitrogens with one attached hydrogen (secondary N) is 1. The summed E-state index contributed by atoms with van der Waals surface area (Å²) in [5, 5.41) is 1.96. The quantitative estimate of drug-likeness (QED) is 0.639. The first-order chi connectivity index (χ1) is 6.94. The van der Waals surface area contributed by atoms with E-state index < -0.39 is 17.5 Å². The largest absolute Gasteiger partial charge is 0.351 e. The fourth-order valence-electron chi connectivity index (χ4n) is 1.16. The third kappa shape index (κ3) is 2.54. The zero-order chi connectivity index (χ0) is 11.5. The predicted molar refractivity (Wildman–Crippen MR) is 55.7 cm³/mol. The van der Waals surface area contributed by atoms with Crippen LogP contribution in [0.25, 0.3) is 0 Å². The summed E-state index contributed by atoms with van der Waals surface area (Å²) in [6, 6.07) is 7.84. The smallest absolute Gasteiger partial charge is 0.318 e. The van der Waals surface area contributed by atoms with E-state index in [9.17, 15) is 9.59 Å². The molecule has 0 saturated heterocycles. The van der Waals surface area contributed by atoms with Gasteiger partial charge in [0.05, 0.1) is 0 Å². The molecule has 1 unspecified atom stereocenters. The molecule has 1 atom stereocenters. The fourth-order valence-corrected chi connectivity index (χ4v) is 1.16. The second kappa shape index (κ2) is 4.10. The first kappa shape index (κ1) is 11.2. The predicted octanol–water partition coefficient (Wildman–Crippen LogP) is 0.0554. The van der Waals surface area contributed by atoms with E-state index in [0.29, 0.717) is 5.56 Å². The minimum absolute atomic E-state index is 0.615. The van der Waals surface area contributed by atoms with Crippen molar-refractivity contribution >= 4 is 11.9 Å². The summed E-state index contributed by atoms with van der Waals surface area (Å²) in [6.07, 6.45) is 0. The van der Waals surface area contributed by atoms with E-state index in [4.69, 9.17) is 11.5 Å². The van der Waals surface area contributed by atoms with Crippen LogP contribution in [0.5, 0.6) is 0 Å². The number of rotatable bonds is 2. The summed E-state index contributed by atoms with van der Waals surface area (Å²) >= 11 is 0. The lowest BCUT2D eigenvalue weighted by Gasteiger charge is -2.22. The van der Waals surface area contributed by atoms with Gasteiger partial charge in [0.2, 0.25) is 0 Å². The Hall–Kier alpha value is -1.88. The number of nitrogens with two attached hydrogens (primary N) is 2. The van der Waals surface area contributed by atoms with Crippen LogP contribution in [-0.2, 0) is 10.3 Å². The first-order valence-electron chi connectivity index (χ1n) is 4.40. The van der Waals surface area contributed by atoms with Gasteiger partial charge in [-0.3, -0.25) is 10.1 Å². The van der Waals surface area contributed by atoms with Gasteiger partial charge in [-0.1, -0.05) is 30.3 Å². The van der Waals surface area contributed by atoms with Crippen molar-refractivity contribution in [3.8, 4) is 0 Å². The van der Waals surface area contributed by atoms with Gasteiger partial charge in [0.25, 0.3) is 5.91 Å². The summed E-state index contributed by atoms with van der Waals surface area (Å²) < 4.78 is 0. The molecule has 5 N–H and O–H groups in total. The first-order valence-corrected chi connectivity index (χ1v) is 4.40. The van der Waals surface area contributed by atoms with Crippen molar-refractivity contribution in [1.29, 1.82) is 0 Å². The number of hydrogen-bond acceptors (Lipinski definition) is 3. The number of carbonyl (C=O) groups excluding carboxylic acids is 2. The molecule has 1 aromatic carbocycles. The Labute approximate surface area is 87.4 Å². The molecule has 80 valence electrons. The summed E-state index contributed by atoms with van der Waals surface area (Å²) in [5.41, 5.74) is 10.00. The highest BCUT2D eigenvalue weighted by Gasteiger charge is 2.30. The number of urea groups is 1. The molecule has 0 aromatic heterocycles. The van der Waals surface area contributed by atoms with E-state index in [0.717, 1.165) is 0 Å². The third-order valence-electron chi connectivity index (χ3n) is 2.08. The summed E-state index contributed by atoms with van der Waals surface area (Å²) in [6.45, 7) is 1.51. The molecular weight excluding hydrogens is 194 g/mol. The number of primary amides is 1. The average molecular weight is 207 g/mol. The molecule has 0 heterocycles. The Morgan fingerprint density at radius 1 is 1.27 bits per heavy atom. The van der Waals surface area contributed by atoms with Crippen LogP contribution in [0.1, 0.15) is 12.5 Å². The lowest BCUT2D eigenvalue weighted by molar-refractivity contribution is -0.124. The van der Waals surface area contributed by atoms with Crippen molar-refractivity contribution in [2.45, 2.75) is 12.5 Å². The van der Waals surface area contributed by atoms with E-state index in [-0.39, 0.29) is 0 Å². The standard InChI is InChI=1S/C10H13N3O2/c1-10(12,8(14)13-9(11)15)7-5-3-2-4-6-7/h2-6H,12H2,1H3,(H3,11,13,14,15). The maximum Gasteiger partial charge on any atom is 0.318 e. The van der Waals surface area contributed by atoms with Crippen LogP contribution in [0, 0.1) is 0 Å². The molecule has 0 spiro atoms. The van der Waals surface area contributed by atoms with Gasteiger partial charge in [0.15, 0.2) is 0 Å². The van der Waals surface area contributed by atoms with Gasteiger partial charge >= 0.3 is 6.03 Å². The second-order valence-electron chi connectivity index (χ2n) is 3.39. The van der Waals surface area contributed by atoms with E-state index in [1.807, 2.05) is 11.4 Å². The highest BCUT2D eigenvalue weighted by atomic mass is 16.2. The molecule has 3 amide bonds. The molecule has 15 heavy (non-hydrogen) atoms. The average Bonchev–Trinajstić information content (AvgIpc) is 2.18. The van der Waals surface area contributed by atoms with Crippen molar-refractivity contribution in [3.63, 3.8) is 0 Å². The zero-order valence-electron chi connectivity index (χ0n) is 8.36. The molecule has 5 nitrogen and oxygen atoms in total. The molecule has 0 aliphatic rings. The molecule has 0 fully saturated rings. The van der Waals surface area contributed by atoms with Crippen LogP contribution in [0.3, 0.4) is 0 Å². The van der Waals surface area contributed by atoms with Gasteiger partial charge in [-0.2, -0.15) is 0 Å². The van der Waals surface area contributed by atoms with E-state index in [2.05, 4.69) is 0 Å². The normalized spacial score (nSPS) is 14.0. The van der Waals surface area contributed by atoms with Crippen molar-refractivity contribution in [2.75, 3.05) is 0 Å². The Balaban J connectivity index is 2.92. The molecule has 1 rings (SSSR count). The third-order valence-corrected chi connectivity index (χ3v) is 2.08. The maximum atomic E-state index is 11.5. The molecule has 5 heteroatoms. The van der Waals surface area contributed by atoms with Crippen LogP contribution in [0.4, 0.5) is 4.79 Å². The molecule has 0 radical (unpaired) electrons.